The molecule has 4 rings (SSSR count). The second-order valence-electron chi connectivity index (χ2n) is 9.65. The topological polar surface area (TPSA) is 80.2 Å². The summed E-state index contributed by atoms with van der Waals surface area (Å²) in [5.41, 5.74) is 1.43. The zero-order chi connectivity index (χ0) is 22.6. The van der Waals surface area contributed by atoms with Gasteiger partial charge in [0.2, 0.25) is 11.8 Å². The molecular formula is C25H35N3O4. The molecule has 1 aromatic rings. The average Bonchev–Trinajstić information content (AvgIpc) is 3.50. The minimum Gasteiger partial charge on any atom is -0.392 e. The molecule has 0 unspecified atom stereocenters. The van der Waals surface area contributed by atoms with Crippen molar-refractivity contribution >= 4 is 17.5 Å². The van der Waals surface area contributed by atoms with Crippen molar-refractivity contribution in [3.05, 3.63) is 35.9 Å². The molecule has 1 aromatic carbocycles. The first-order valence-electron chi connectivity index (χ1n) is 11.9. The Morgan fingerprint density at radius 1 is 1.19 bits per heavy atom. The lowest BCUT2D eigenvalue weighted by atomic mass is 9.72. The number of likely N-dealkylation sites (tertiary alicyclic amines) is 1. The number of hydrogen-bond donors (Lipinski definition) is 1. The van der Waals surface area contributed by atoms with Gasteiger partial charge in [0.1, 0.15) is 6.10 Å². The number of benzene rings is 1. The molecule has 0 bridgehead atoms. The number of oxime groups is 1. The Morgan fingerprint density at radius 3 is 2.59 bits per heavy atom. The van der Waals surface area contributed by atoms with E-state index in [0.29, 0.717) is 45.3 Å². The van der Waals surface area contributed by atoms with E-state index in [-0.39, 0.29) is 29.9 Å². The number of nitrogens with zero attached hydrogens (tertiary/aromatic N) is 2. The Kier molecular flexibility index (Phi) is 7.13. The molecule has 2 atom stereocenters. The van der Waals surface area contributed by atoms with Crippen molar-refractivity contribution in [1.29, 1.82) is 0 Å². The molecule has 3 aliphatic heterocycles. The predicted octanol–water partition coefficient (Wildman–Crippen LogP) is 3.13. The lowest BCUT2D eigenvalue weighted by Gasteiger charge is -2.42. The maximum atomic E-state index is 13.5. The van der Waals surface area contributed by atoms with E-state index in [9.17, 15) is 9.59 Å². The fourth-order valence-corrected chi connectivity index (χ4v) is 5.02. The van der Waals surface area contributed by atoms with Crippen molar-refractivity contribution in [3.63, 3.8) is 0 Å². The van der Waals surface area contributed by atoms with Crippen LogP contribution in [0, 0.1) is 11.3 Å². The van der Waals surface area contributed by atoms with Crippen molar-refractivity contribution in [2.45, 2.75) is 64.6 Å². The third-order valence-corrected chi connectivity index (χ3v) is 6.98. The van der Waals surface area contributed by atoms with Crippen LogP contribution in [-0.2, 0) is 19.2 Å². The maximum Gasteiger partial charge on any atom is 0.226 e. The molecule has 2 fully saturated rings. The van der Waals surface area contributed by atoms with E-state index < -0.39 is 5.41 Å². The van der Waals surface area contributed by atoms with E-state index in [0.717, 1.165) is 30.7 Å². The molecule has 0 radical (unpaired) electrons. The van der Waals surface area contributed by atoms with E-state index in [2.05, 4.69) is 10.5 Å². The highest BCUT2D eigenvalue weighted by Gasteiger charge is 2.45. The van der Waals surface area contributed by atoms with Gasteiger partial charge in [-0.05, 0) is 31.2 Å². The van der Waals surface area contributed by atoms with Crippen molar-refractivity contribution in [3.8, 4) is 0 Å². The summed E-state index contributed by atoms with van der Waals surface area (Å²) in [4.78, 5) is 33.6. The van der Waals surface area contributed by atoms with Gasteiger partial charge in [-0.1, -0.05) is 49.3 Å². The van der Waals surface area contributed by atoms with Crippen LogP contribution in [0.5, 0.6) is 0 Å². The van der Waals surface area contributed by atoms with Crippen LogP contribution in [0.2, 0.25) is 0 Å². The van der Waals surface area contributed by atoms with Gasteiger partial charge in [0.15, 0.2) is 0 Å². The summed E-state index contributed by atoms with van der Waals surface area (Å²) in [6, 6.07) is 10.0. The van der Waals surface area contributed by atoms with Crippen molar-refractivity contribution in [2.75, 3.05) is 26.2 Å². The molecule has 3 heterocycles. The van der Waals surface area contributed by atoms with Gasteiger partial charge in [-0.3, -0.25) is 9.59 Å². The number of rotatable bonds is 7. The van der Waals surface area contributed by atoms with E-state index in [1.807, 2.05) is 49.1 Å². The minimum absolute atomic E-state index is 0.0316. The number of ether oxygens (including phenoxy) is 1. The molecule has 2 saturated heterocycles. The smallest absolute Gasteiger partial charge is 0.226 e. The van der Waals surface area contributed by atoms with Gasteiger partial charge in [0.05, 0.1) is 17.2 Å². The Bertz CT molecular complexity index is 825. The van der Waals surface area contributed by atoms with Crippen molar-refractivity contribution in [1.82, 2.24) is 10.2 Å². The number of carbonyl (C=O) groups is 2. The van der Waals surface area contributed by atoms with Crippen LogP contribution >= 0.6 is 0 Å². The Balaban J connectivity index is 1.42. The summed E-state index contributed by atoms with van der Waals surface area (Å²) in [6.45, 7) is 6.37. The predicted molar refractivity (Wildman–Crippen MR) is 122 cm³/mol. The van der Waals surface area contributed by atoms with E-state index >= 15 is 0 Å². The Morgan fingerprint density at radius 2 is 1.94 bits per heavy atom. The number of carbonyl (C=O) groups excluding carboxylic acids is 2. The van der Waals surface area contributed by atoms with E-state index in [1.165, 1.54) is 0 Å². The Labute approximate surface area is 190 Å². The summed E-state index contributed by atoms with van der Waals surface area (Å²) < 4.78 is 5.68. The lowest BCUT2D eigenvalue weighted by Crippen LogP contribution is -2.52. The van der Waals surface area contributed by atoms with Gasteiger partial charge in [0, 0.05) is 45.0 Å². The van der Waals surface area contributed by atoms with Crippen LogP contribution in [0.15, 0.2) is 35.5 Å². The molecule has 7 nitrogen and oxygen atoms in total. The molecule has 0 aliphatic carbocycles. The van der Waals surface area contributed by atoms with Crippen LogP contribution in [0.4, 0.5) is 0 Å². The first-order valence-corrected chi connectivity index (χ1v) is 11.9. The molecular weight excluding hydrogens is 406 g/mol. The molecule has 0 saturated carbocycles. The highest BCUT2D eigenvalue weighted by molar-refractivity contribution is 6.01. The molecule has 2 amide bonds. The number of hydrogen-bond acceptors (Lipinski definition) is 5. The molecule has 174 valence electrons. The third-order valence-electron chi connectivity index (χ3n) is 6.98. The number of nitrogens with one attached hydrogen (secondary N) is 1. The quantitative estimate of drug-likeness (QED) is 0.705. The summed E-state index contributed by atoms with van der Waals surface area (Å²) in [5, 5.41) is 7.48. The zero-order valence-electron chi connectivity index (χ0n) is 19.2. The molecule has 1 N–H and O–H groups in total. The van der Waals surface area contributed by atoms with Crippen molar-refractivity contribution in [2.24, 2.45) is 16.5 Å². The van der Waals surface area contributed by atoms with Crippen LogP contribution in [-0.4, -0.2) is 60.9 Å². The third kappa shape index (κ3) is 5.14. The highest BCUT2D eigenvalue weighted by Crippen LogP contribution is 2.39. The molecule has 0 spiro atoms. The average molecular weight is 442 g/mol. The van der Waals surface area contributed by atoms with Gasteiger partial charge >= 0.3 is 0 Å². The highest BCUT2D eigenvalue weighted by atomic mass is 16.6. The van der Waals surface area contributed by atoms with E-state index in [1.54, 1.807) is 0 Å². The second-order valence-corrected chi connectivity index (χ2v) is 9.65. The van der Waals surface area contributed by atoms with Crippen molar-refractivity contribution < 1.29 is 19.2 Å². The van der Waals surface area contributed by atoms with Gasteiger partial charge in [-0.15, -0.1) is 0 Å². The standard InChI is InChI=1S/C25H35N3O4/c1-18(2)23(29)28-12-10-25(11-13-28,24(30)26-17-20-9-6-14-31-20)16-21-15-22(27-32-21)19-7-4-3-5-8-19/h3-5,7-8,18,20-21H,6,9-17H2,1-2H3,(H,26,30)/t20-,21+/m0/s1. The Hall–Kier alpha value is -2.41. The number of amides is 2. The number of piperidine rings is 1. The molecule has 7 heteroatoms. The largest absolute Gasteiger partial charge is 0.392 e. The van der Waals surface area contributed by atoms with Crippen LogP contribution in [0.1, 0.15) is 57.9 Å². The normalized spacial score (nSPS) is 24.8. The van der Waals surface area contributed by atoms with Gasteiger partial charge < -0.3 is 19.8 Å². The summed E-state index contributed by atoms with van der Waals surface area (Å²) in [7, 11) is 0. The molecule has 3 aliphatic rings. The monoisotopic (exact) mass is 441 g/mol. The fourth-order valence-electron chi connectivity index (χ4n) is 5.02. The van der Waals surface area contributed by atoms with Crippen LogP contribution in [0.3, 0.4) is 0 Å². The summed E-state index contributed by atoms with van der Waals surface area (Å²) >= 11 is 0. The van der Waals surface area contributed by atoms with Crippen LogP contribution < -0.4 is 5.32 Å². The van der Waals surface area contributed by atoms with Gasteiger partial charge in [-0.2, -0.15) is 0 Å². The summed E-state index contributed by atoms with van der Waals surface area (Å²) in [5.74, 6) is 0.183. The first kappa shape index (κ1) is 22.8. The zero-order valence-corrected chi connectivity index (χ0v) is 19.2. The summed E-state index contributed by atoms with van der Waals surface area (Å²) in [6.07, 6.45) is 4.60. The first-order chi connectivity index (χ1) is 15.5. The van der Waals surface area contributed by atoms with E-state index in [4.69, 9.17) is 9.57 Å². The fraction of sp³-hybridized carbons (Fsp3) is 0.640. The van der Waals surface area contributed by atoms with Crippen LogP contribution in [0.25, 0.3) is 0 Å². The van der Waals surface area contributed by atoms with Gasteiger partial charge in [-0.25, -0.2) is 0 Å². The molecule has 32 heavy (non-hydrogen) atoms. The lowest BCUT2D eigenvalue weighted by molar-refractivity contribution is -0.144. The molecule has 0 aromatic heterocycles. The maximum absolute atomic E-state index is 13.5. The van der Waals surface area contributed by atoms with Gasteiger partial charge in [0.25, 0.3) is 0 Å². The SMILES string of the molecule is CC(C)C(=O)N1CCC(C[C@H]2CC(c3ccccc3)=NO2)(C(=O)NC[C@@H]2CCCO2)CC1. The second kappa shape index (κ2) is 10.0. The minimum atomic E-state index is -0.557.